The molecule has 0 saturated heterocycles. The first-order valence-corrected chi connectivity index (χ1v) is 5.87. The predicted octanol–water partition coefficient (Wildman–Crippen LogP) is 2.82. The summed E-state index contributed by atoms with van der Waals surface area (Å²) in [6.07, 6.45) is 4.49. The number of carbonyl (C=O) groups excluding carboxylic acids is 1. The third-order valence-electron chi connectivity index (χ3n) is 3.61. The lowest BCUT2D eigenvalue weighted by Crippen LogP contribution is -2.48. The molecule has 0 spiro atoms. The van der Waals surface area contributed by atoms with Crippen LogP contribution in [0.3, 0.4) is 0 Å². The van der Waals surface area contributed by atoms with Gasteiger partial charge in [0.05, 0.1) is 5.75 Å². The molecule has 1 aliphatic rings. The molecule has 0 aromatic heterocycles. The maximum absolute atomic E-state index is 11.3. The summed E-state index contributed by atoms with van der Waals surface area (Å²) < 4.78 is 5.53. The summed E-state index contributed by atoms with van der Waals surface area (Å²) in [4.78, 5) is 11.3. The number of hydrogen-bond donors (Lipinski definition) is 1. The van der Waals surface area contributed by atoms with Crippen molar-refractivity contribution in [1.29, 1.82) is 0 Å². The Morgan fingerprint density at radius 1 is 1.29 bits per heavy atom. The van der Waals surface area contributed by atoms with E-state index in [4.69, 9.17) is 4.74 Å². The van der Waals surface area contributed by atoms with Crippen molar-refractivity contribution in [3.63, 3.8) is 0 Å². The number of rotatable bonds is 2. The van der Waals surface area contributed by atoms with Crippen LogP contribution in [-0.2, 0) is 9.53 Å². The molecule has 0 radical (unpaired) electrons. The van der Waals surface area contributed by atoms with E-state index in [0.29, 0.717) is 0 Å². The fraction of sp³-hybridized carbons (Fsp3) is 0.909. The van der Waals surface area contributed by atoms with Gasteiger partial charge < -0.3 is 4.74 Å². The molecule has 0 amide bonds. The lowest BCUT2D eigenvalue weighted by atomic mass is 9.66. The highest BCUT2D eigenvalue weighted by Crippen LogP contribution is 2.45. The highest BCUT2D eigenvalue weighted by atomic mass is 32.1. The third-order valence-corrected chi connectivity index (χ3v) is 3.86. The van der Waals surface area contributed by atoms with Crippen molar-refractivity contribution in [2.75, 3.05) is 5.75 Å². The van der Waals surface area contributed by atoms with Gasteiger partial charge >= 0.3 is 5.97 Å². The van der Waals surface area contributed by atoms with Crippen LogP contribution in [0.4, 0.5) is 0 Å². The zero-order valence-electron chi connectivity index (χ0n) is 9.30. The molecule has 14 heavy (non-hydrogen) atoms. The fourth-order valence-corrected chi connectivity index (χ4v) is 2.17. The van der Waals surface area contributed by atoms with Gasteiger partial charge in [0.15, 0.2) is 0 Å². The maximum Gasteiger partial charge on any atom is 0.316 e. The smallest absolute Gasteiger partial charge is 0.316 e. The topological polar surface area (TPSA) is 26.3 Å². The summed E-state index contributed by atoms with van der Waals surface area (Å²) in [7, 11) is 0. The molecule has 0 N–H and O–H groups in total. The summed E-state index contributed by atoms with van der Waals surface area (Å²) in [5, 5.41) is 0. The molecule has 1 atom stereocenters. The van der Waals surface area contributed by atoms with E-state index >= 15 is 0 Å². The van der Waals surface area contributed by atoms with E-state index in [9.17, 15) is 4.79 Å². The van der Waals surface area contributed by atoms with Crippen LogP contribution in [0.1, 0.15) is 46.5 Å². The molecule has 1 saturated carbocycles. The molecule has 1 aliphatic carbocycles. The van der Waals surface area contributed by atoms with Crippen LogP contribution in [0.2, 0.25) is 0 Å². The largest absolute Gasteiger partial charge is 0.458 e. The minimum absolute atomic E-state index is 0.0872. The average molecular weight is 216 g/mol. The number of ether oxygens (including phenoxy) is 1. The monoisotopic (exact) mass is 216 g/mol. The van der Waals surface area contributed by atoms with Crippen LogP contribution in [-0.4, -0.2) is 17.3 Å². The number of carbonyl (C=O) groups is 1. The van der Waals surface area contributed by atoms with Gasteiger partial charge in [0.2, 0.25) is 0 Å². The Labute approximate surface area is 91.8 Å². The molecule has 82 valence electrons. The molecule has 1 rings (SSSR count). The normalized spacial score (nSPS) is 31.1. The van der Waals surface area contributed by atoms with Crippen molar-refractivity contribution >= 4 is 18.6 Å². The zero-order valence-corrected chi connectivity index (χ0v) is 10.2. The average Bonchev–Trinajstić information content (AvgIpc) is 2.10. The first kappa shape index (κ1) is 11.9. The summed E-state index contributed by atoms with van der Waals surface area (Å²) in [6, 6.07) is 0. The van der Waals surface area contributed by atoms with E-state index in [2.05, 4.69) is 26.5 Å². The van der Waals surface area contributed by atoms with Crippen LogP contribution in [0.5, 0.6) is 0 Å². The van der Waals surface area contributed by atoms with Crippen LogP contribution in [0.25, 0.3) is 0 Å². The van der Waals surface area contributed by atoms with Gasteiger partial charge in [-0.2, -0.15) is 12.6 Å². The van der Waals surface area contributed by atoms with Crippen molar-refractivity contribution in [3.05, 3.63) is 0 Å². The number of hydrogen-bond acceptors (Lipinski definition) is 3. The van der Waals surface area contributed by atoms with Crippen LogP contribution >= 0.6 is 12.6 Å². The van der Waals surface area contributed by atoms with Gasteiger partial charge in [0.1, 0.15) is 5.60 Å². The second kappa shape index (κ2) is 4.13. The van der Waals surface area contributed by atoms with Crippen LogP contribution in [0.15, 0.2) is 0 Å². The van der Waals surface area contributed by atoms with E-state index in [1.165, 1.54) is 6.42 Å². The van der Waals surface area contributed by atoms with Gasteiger partial charge in [-0.1, -0.05) is 20.3 Å². The molecule has 0 heterocycles. The lowest BCUT2D eigenvalue weighted by Gasteiger charge is -2.47. The van der Waals surface area contributed by atoms with Crippen molar-refractivity contribution in [2.24, 2.45) is 5.41 Å². The Morgan fingerprint density at radius 2 is 1.86 bits per heavy atom. The highest BCUT2D eigenvalue weighted by molar-refractivity contribution is 7.81. The van der Waals surface area contributed by atoms with Crippen molar-refractivity contribution in [2.45, 2.75) is 52.1 Å². The van der Waals surface area contributed by atoms with E-state index in [-0.39, 0.29) is 22.7 Å². The van der Waals surface area contributed by atoms with E-state index in [1.54, 1.807) is 0 Å². The Morgan fingerprint density at radius 3 is 2.36 bits per heavy atom. The van der Waals surface area contributed by atoms with Gasteiger partial charge in [-0.3, -0.25) is 4.79 Å². The van der Waals surface area contributed by atoms with Crippen molar-refractivity contribution < 1.29 is 9.53 Å². The summed E-state index contributed by atoms with van der Waals surface area (Å²) in [5.74, 6) is -0.0307. The Balaban J connectivity index is 2.73. The SMILES string of the molecule is CC1(C)CCCCC1(C)OC(=O)CS. The van der Waals surface area contributed by atoms with Crippen LogP contribution < -0.4 is 0 Å². The first-order chi connectivity index (χ1) is 6.41. The van der Waals surface area contributed by atoms with E-state index in [0.717, 1.165) is 19.3 Å². The Kier molecular flexibility index (Phi) is 3.51. The highest BCUT2D eigenvalue weighted by Gasteiger charge is 2.45. The molecule has 3 heteroatoms. The Bertz CT molecular complexity index is 225. The molecule has 0 aliphatic heterocycles. The van der Waals surface area contributed by atoms with Gasteiger partial charge in [0, 0.05) is 5.41 Å². The summed E-state index contributed by atoms with van der Waals surface area (Å²) in [6.45, 7) is 6.41. The lowest BCUT2D eigenvalue weighted by molar-refractivity contribution is -0.174. The molecule has 0 aromatic rings. The number of thiol groups is 1. The van der Waals surface area contributed by atoms with Crippen molar-refractivity contribution in [3.8, 4) is 0 Å². The van der Waals surface area contributed by atoms with Gasteiger partial charge in [-0.05, 0) is 26.2 Å². The van der Waals surface area contributed by atoms with Gasteiger partial charge in [0.25, 0.3) is 0 Å². The second-order valence-corrected chi connectivity index (χ2v) is 5.27. The first-order valence-electron chi connectivity index (χ1n) is 5.24. The molecular weight excluding hydrogens is 196 g/mol. The molecule has 0 bridgehead atoms. The molecule has 1 unspecified atom stereocenters. The van der Waals surface area contributed by atoms with Crippen molar-refractivity contribution in [1.82, 2.24) is 0 Å². The third kappa shape index (κ3) is 2.25. The molecular formula is C11H20O2S. The molecule has 1 fully saturated rings. The molecule has 0 aromatic carbocycles. The van der Waals surface area contributed by atoms with Crippen LogP contribution in [0, 0.1) is 5.41 Å². The second-order valence-electron chi connectivity index (χ2n) is 4.95. The minimum atomic E-state index is -0.301. The van der Waals surface area contributed by atoms with E-state index < -0.39 is 0 Å². The van der Waals surface area contributed by atoms with Gasteiger partial charge in [-0.25, -0.2) is 0 Å². The predicted molar refractivity (Wildman–Crippen MR) is 60.6 cm³/mol. The van der Waals surface area contributed by atoms with E-state index in [1.807, 2.05) is 6.92 Å². The molecule has 2 nitrogen and oxygen atoms in total. The van der Waals surface area contributed by atoms with Gasteiger partial charge in [-0.15, -0.1) is 0 Å². The fourth-order valence-electron chi connectivity index (χ4n) is 2.10. The maximum atomic E-state index is 11.3. The number of esters is 1. The Hall–Kier alpha value is -0.180. The minimum Gasteiger partial charge on any atom is -0.458 e. The summed E-state index contributed by atoms with van der Waals surface area (Å²) >= 11 is 3.93. The standard InChI is InChI=1S/C11H20O2S/c1-10(2)6-4-5-7-11(10,3)13-9(12)8-14/h14H,4-8H2,1-3H3. The quantitative estimate of drug-likeness (QED) is 0.567. The summed E-state index contributed by atoms with van der Waals surface area (Å²) in [5.41, 5.74) is -0.213. The zero-order chi connectivity index (χ0) is 10.8.